The summed E-state index contributed by atoms with van der Waals surface area (Å²) in [6.45, 7) is 7.34. The molecular weight excluding hydrogens is 356 g/mol. The normalized spacial score (nSPS) is 15.7. The van der Waals surface area contributed by atoms with Gasteiger partial charge in [-0.3, -0.25) is 0 Å². The Hall–Kier alpha value is -2.59. The fourth-order valence-corrected chi connectivity index (χ4v) is 3.67. The number of hydrogen-bond donors (Lipinski definition) is 1. The van der Waals surface area contributed by atoms with Gasteiger partial charge in [0.05, 0.1) is 6.04 Å². The Balaban J connectivity index is 0.00000210. The molecule has 3 aromatic rings. The van der Waals surface area contributed by atoms with E-state index in [0.717, 1.165) is 30.2 Å². The summed E-state index contributed by atoms with van der Waals surface area (Å²) in [7, 11) is 0. The van der Waals surface area contributed by atoms with Crippen LogP contribution in [-0.4, -0.2) is 16.5 Å². The summed E-state index contributed by atoms with van der Waals surface area (Å²) in [5, 5.41) is 3.38. The van der Waals surface area contributed by atoms with Crippen LogP contribution in [0.1, 0.15) is 35.3 Å². The fourth-order valence-electron chi connectivity index (χ4n) is 3.67. The lowest BCUT2D eigenvalue weighted by Crippen LogP contribution is -2.34. The van der Waals surface area contributed by atoms with E-state index in [9.17, 15) is 0 Å². The van der Waals surface area contributed by atoms with Gasteiger partial charge in [-0.05, 0) is 49.9 Å². The Bertz CT molecular complexity index is 941. The number of aryl methyl sites for hydroxylation is 2. The van der Waals surface area contributed by atoms with Crippen LogP contribution < -0.4 is 10.2 Å². The lowest BCUT2D eigenvalue weighted by atomic mass is 9.93. The van der Waals surface area contributed by atoms with Crippen molar-refractivity contribution < 1.29 is 0 Å². The summed E-state index contributed by atoms with van der Waals surface area (Å²) in [4.78, 5) is 11.8. The van der Waals surface area contributed by atoms with Crippen molar-refractivity contribution in [2.75, 3.05) is 16.8 Å². The molecule has 140 valence electrons. The molecule has 0 radical (unpaired) electrons. The minimum absolute atomic E-state index is 0. The van der Waals surface area contributed by atoms with Crippen molar-refractivity contribution >= 4 is 29.9 Å². The summed E-state index contributed by atoms with van der Waals surface area (Å²) in [6.07, 6.45) is 1.05. The zero-order valence-electron chi connectivity index (χ0n) is 15.9. The quantitative estimate of drug-likeness (QED) is 0.662. The number of hydrogen-bond acceptors (Lipinski definition) is 4. The first-order chi connectivity index (χ1) is 12.6. The van der Waals surface area contributed by atoms with Crippen molar-refractivity contribution in [1.29, 1.82) is 0 Å². The molecule has 2 heterocycles. The molecule has 1 aliphatic heterocycles. The molecule has 1 unspecified atom stereocenters. The second-order valence-electron chi connectivity index (χ2n) is 6.95. The topological polar surface area (TPSA) is 41.1 Å². The van der Waals surface area contributed by atoms with Crippen LogP contribution >= 0.6 is 12.4 Å². The Morgan fingerprint density at radius 2 is 1.74 bits per heavy atom. The van der Waals surface area contributed by atoms with Crippen LogP contribution in [0.4, 0.5) is 17.5 Å². The van der Waals surface area contributed by atoms with E-state index >= 15 is 0 Å². The van der Waals surface area contributed by atoms with E-state index in [1.165, 1.54) is 16.7 Å². The number of fused-ring (bicyclic) bond motifs is 1. The average molecular weight is 381 g/mol. The SMILES string of the molecule is Cc1cc(N2CCc3ccccc3C2C)nc(Nc2ccccc2C)n1.Cl. The summed E-state index contributed by atoms with van der Waals surface area (Å²) in [5.74, 6) is 1.64. The minimum atomic E-state index is 0. The van der Waals surface area contributed by atoms with Crippen LogP contribution in [0.5, 0.6) is 0 Å². The van der Waals surface area contributed by atoms with Crippen LogP contribution in [0.15, 0.2) is 54.6 Å². The molecule has 0 fully saturated rings. The van der Waals surface area contributed by atoms with E-state index in [-0.39, 0.29) is 12.4 Å². The number of nitrogens with one attached hydrogen (secondary N) is 1. The summed E-state index contributed by atoms with van der Waals surface area (Å²) >= 11 is 0. The molecule has 0 bridgehead atoms. The lowest BCUT2D eigenvalue weighted by Gasteiger charge is -2.36. The number of benzene rings is 2. The third-order valence-corrected chi connectivity index (χ3v) is 5.12. The smallest absolute Gasteiger partial charge is 0.229 e. The zero-order valence-corrected chi connectivity index (χ0v) is 16.8. The molecule has 1 atom stereocenters. The minimum Gasteiger partial charge on any atom is -0.349 e. The predicted molar refractivity (Wildman–Crippen MR) is 114 cm³/mol. The molecule has 0 spiro atoms. The third-order valence-electron chi connectivity index (χ3n) is 5.12. The number of rotatable bonds is 3. The van der Waals surface area contributed by atoms with Gasteiger partial charge >= 0.3 is 0 Å². The molecule has 1 aromatic heterocycles. The highest BCUT2D eigenvalue weighted by molar-refractivity contribution is 5.85. The zero-order chi connectivity index (χ0) is 18.1. The van der Waals surface area contributed by atoms with Gasteiger partial charge in [-0.25, -0.2) is 4.98 Å². The van der Waals surface area contributed by atoms with Crippen molar-refractivity contribution in [2.45, 2.75) is 33.2 Å². The maximum Gasteiger partial charge on any atom is 0.229 e. The van der Waals surface area contributed by atoms with E-state index in [1.807, 2.05) is 19.1 Å². The van der Waals surface area contributed by atoms with Crippen LogP contribution in [0, 0.1) is 13.8 Å². The molecule has 0 aliphatic carbocycles. The van der Waals surface area contributed by atoms with Crippen molar-refractivity contribution in [2.24, 2.45) is 0 Å². The van der Waals surface area contributed by atoms with Gasteiger partial charge in [0, 0.05) is 24.0 Å². The third kappa shape index (κ3) is 3.91. The second-order valence-corrected chi connectivity index (χ2v) is 6.95. The van der Waals surface area contributed by atoms with Crippen molar-refractivity contribution in [3.05, 3.63) is 77.0 Å². The highest BCUT2D eigenvalue weighted by atomic mass is 35.5. The summed E-state index contributed by atoms with van der Waals surface area (Å²) in [5.41, 5.74) is 6.03. The van der Waals surface area contributed by atoms with E-state index < -0.39 is 0 Å². The lowest BCUT2D eigenvalue weighted by molar-refractivity contribution is 0.616. The van der Waals surface area contributed by atoms with Crippen molar-refractivity contribution in [3.8, 4) is 0 Å². The monoisotopic (exact) mass is 380 g/mol. The molecule has 27 heavy (non-hydrogen) atoms. The highest BCUT2D eigenvalue weighted by Crippen LogP contribution is 2.33. The number of halogens is 1. The largest absolute Gasteiger partial charge is 0.349 e. The number of nitrogens with zero attached hydrogens (tertiary/aromatic N) is 3. The Morgan fingerprint density at radius 3 is 2.56 bits per heavy atom. The Morgan fingerprint density at radius 1 is 1.00 bits per heavy atom. The number of aromatic nitrogens is 2. The Labute approximate surface area is 167 Å². The molecule has 4 nitrogen and oxygen atoms in total. The first kappa shape index (κ1) is 19.2. The number of para-hydroxylation sites is 1. The average Bonchev–Trinajstić information content (AvgIpc) is 2.64. The first-order valence-electron chi connectivity index (χ1n) is 9.14. The van der Waals surface area contributed by atoms with Crippen molar-refractivity contribution in [3.63, 3.8) is 0 Å². The molecule has 2 aromatic carbocycles. The molecule has 0 amide bonds. The first-order valence-corrected chi connectivity index (χ1v) is 9.14. The maximum absolute atomic E-state index is 4.82. The van der Waals surface area contributed by atoms with E-state index in [1.54, 1.807) is 0 Å². The van der Waals surface area contributed by atoms with Crippen molar-refractivity contribution in [1.82, 2.24) is 9.97 Å². The van der Waals surface area contributed by atoms with E-state index in [0.29, 0.717) is 12.0 Å². The Kier molecular flexibility index (Phi) is 5.66. The van der Waals surface area contributed by atoms with Gasteiger partial charge in [-0.15, -0.1) is 12.4 Å². The van der Waals surface area contributed by atoms with Gasteiger partial charge in [0.1, 0.15) is 5.82 Å². The standard InChI is InChI=1S/C22H24N4.ClH/c1-15-8-4-7-11-20(15)24-22-23-16(2)14-21(25-22)26-13-12-18-9-5-6-10-19(18)17(26)3;/h4-11,14,17H,12-13H2,1-3H3,(H,23,24,25);1H. The number of anilines is 3. The summed E-state index contributed by atoms with van der Waals surface area (Å²) in [6, 6.07) is 19.3. The van der Waals surface area contributed by atoms with Gasteiger partial charge in [0.25, 0.3) is 0 Å². The van der Waals surface area contributed by atoms with Gasteiger partial charge in [0.15, 0.2) is 0 Å². The van der Waals surface area contributed by atoms with Crippen LogP contribution in [-0.2, 0) is 6.42 Å². The molecular formula is C22H25ClN4. The van der Waals surface area contributed by atoms with E-state index in [2.05, 4.69) is 71.5 Å². The molecule has 4 rings (SSSR count). The molecule has 1 aliphatic rings. The van der Waals surface area contributed by atoms with Gasteiger partial charge < -0.3 is 10.2 Å². The fraction of sp³-hybridized carbons (Fsp3) is 0.273. The van der Waals surface area contributed by atoms with E-state index in [4.69, 9.17) is 4.98 Å². The molecule has 0 saturated carbocycles. The molecule has 5 heteroatoms. The highest BCUT2D eigenvalue weighted by Gasteiger charge is 2.25. The second kappa shape index (κ2) is 7.97. The molecule has 0 saturated heterocycles. The van der Waals surface area contributed by atoms with Crippen LogP contribution in [0.2, 0.25) is 0 Å². The van der Waals surface area contributed by atoms with Gasteiger partial charge in [0.2, 0.25) is 5.95 Å². The van der Waals surface area contributed by atoms with Crippen LogP contribution in [0.3, 0.4) is 0 Å². The van der Waals surface area contributed by atoms with Gasteiger partial charge in [-0.1, -0.05) is 42.5 Å². The predicted octanol–water partition coefficient (Wildman–Crippen LogP) is 5.38. The molecule has 1 N–H and O–H groups in total. The maximum atomic E-state index is 4.82. The summed E-state index contributed by atoms with van der Waals surface area (Å²) < 4.78 is 0. The van der Waals surface area contributed by atoms with Gasteiger partial charge in [-0.2, -0.15) is 4.98 Å². The van der Waals surface area contributed by atoms with Crippen LogP contribution in [0.25, 0.3) is 0 Å².